The lowest BCUT2D eigenvalue weighted by Crippen LogP contribution is -2.13. The van der Waals surface area contributed by atoms with Gasteiger partial charge in [0.25, 0.3) is 0 Å². The van der Waals surface area contributed by atoms with E-state index in [2.05, 4.69) is 14.7 Å². The second-order valence-corrected chi connectivity index (χ2v) is 5.58. The second-order valence-electron chi connectivity index (χ2n) is 4.62. The number of ether oxygens (including phenoxy) is 1. The average Bonchev–Trinajstić information content (AvgIpc) is 3.11. The van der Waals surface area contributed by atoms with Crippen molar-refractivity contribution in [1.29, 1.82) is 0 Å². The van der Waals surface area contributed by atoms with Crippen LogP contribution in [0.3, 0.4) is 0 Å². The normalized spacial score (nSPS) is 16.4. The van der Waals surface area contributed by atoms with Crippen LogP contribution in [-0.2, 0) is 9.53 Å². The third-order valence-electron chi connectivity index (χ3n) is 3.15. The van der Waals surface area contributed by atoms with Gasteiger partial charge in [-0.1, -0.05) is 0 Å². The van der Waals surface area contributed by atoms with Crippen molar-refractivity contribution < 1.29 is 13.9 Å². The number of esters is 1. The molecule has 1 aromatic rings. The fraction of sp³-hybridized carbons (Fsp3) is 0.583. The average molecular weight is 270 g/mol. The third-order valence-corrected chi connectivity index (χ3v) is 4.47. The second kappa shape index (κ2) is 5.22. The Morgan fingerprint density at radius 1 is 1.56 bits per heavy atom. The third kappa shape index (κ3) is 2.98. The van der Waals surface area contributed by atoms with E-state index in [4.69, 9.17) is 0 Å². The zero-order valence-corrected chi connectivity index (χ0v) is 11.2. The predicted octanol–water partition coefficient (Wildman–Crippen LogP) is 2.36. The number of nitrogens with zero attached hydrogens (tertiary/aromatic N) is 2. The maximum atomic E-state index is 13.7. The van der Waals surface area contributed by atoms with Crippen LogP contribution < -0.4 is 0 Å². The summed E-state index contributed by atoms with van der Waals surface area (Å²) in [5, 5.41) is 0.360. The zero-order valence-electron chi connectivity index (χ0n) is 10.4. The van der Waals surface area contributed by atoms with Crippen LogP contribution in [0, 0.1) is 18.2 Å². The van der Waals surface area contributed by atoms with Crippen molar-refractivity contribution in [1.82, 2.24) is 9.97 Å². The minimum atomic E-state index is -0.364. The van der Waals surface area contributed by atoms with Gasteiger partial charge in [0.2, 0.25) is 0 Å². The first kappa shape index (κ1) is 13.3. The molecule has 1 fully saturated rings. The number of carbonyl (C=O) groups is 1. The lowest BCUT2D eigenvalue weighted by molar-refractivity contribution is -0.141. The summed E-state index contributed by atoms with van der Waals surface area (Å²) in [7, 11) is 1.39. The molecule has 1 aliphatic carbocycles. The Kier molecular flexibility index (Phi) is 3.85. The Morgan fingerprint density at radius 2 is 2.28 bits per heavy atom. The standard InChI is InChI=1S/C12H15FN2O2S/c1-8-10(13)11(15-7-14-8)18-6-12(3-4-12)5-9(16)17-2/h7H,3-6H2,1-2H3. The van der Waals surface area contributed by atoms with Crippen molar-refractivity contribution in [2.45, 2.75) is 31.2 Å². The topological polar surface area (TPSA) is 52.1 Å². The van der Waals surface area contributed by atoms with E-state index in [9.17, 15) is 9.18 Å². The lowest BCUT2D eigenvalue weighted by Gasteiger charge is -2.12. The van der Waals surface area contributed by atoms with Crippen LogP contribution >= 0.6 is 11.8 Å². The highest BCUT2D eigenvalue weighted by atomic mass is 32.2. The van der Waals surface area contributed by atoms with Gasteiger partial charge < -0.3 is 4.74 Å². The molecule has 18 heavy (non-hydrogen) atoms. The number of hydrogen-bond acceptors (Lipinski definition) is 5. The van der Waals surface area contributed by atoms with Crippen LogP contribution in [0.2, 0.25) is 0 Å². The fourth-order valence-corrected chi connectivity index (χ4v) is 2.92. The smallest absolute Gasteiger partial charge is 0.306 e. The highest BCUT2D eigenvalue weighted by molar-refractivity contribution is 7.99. The van der Waals surface area contributed by atoms with Gasteiger partial charge >= 0.3 is 5.97 Å². The van der Waals surface area contributed by atoms with Gasteiger partial charge in [-0.15, -0.1) is 11.8 Å². The number of carbonyl (C=O) groups excluding carboxylic acids is 1. The number of hydrogen-bond donors (Lipinski definition) is 0. The van der Waals surface area contributed by atoms with Gasteiger partial charge in [0.15, 0.2) is 5.82 Å². The van der Waals surface area contributed by atoms with Crippen LogP contribution in [0.1, 0.15) is 25.0 Å². The summed E-state index contributed by atoms with van der Waals surface area (Å²) >= 11 is 1.35. The summed E-state index contributed by atoms with van der Waals surface area (Å²) in [5.41, 5.74) is 0.327. The minimum Gasteiger partial charge on any atom is -0.469 e. The number of thioether (sulfide) groups is 1. The van der Waals surface area contributed by atoms with Crippen molar-refractivity contribution in [3.05, 3.63) is 17.8 Å². The van der Waals surface area contributed by atoms with E-state index in [-0.39, 0.29) is 17.2 Å². The van der Waals surface area contributed by atoms with E-state index in [1.54, 1.807) is 6.92 Å². The number of aromatic nitrogens is 2. The maximum absolute atomic E-state index is 13.7. The fourth-order valence-electron chi connectivity index (χ4n) is 1.69. The number of aryl methyl sites for hydroxylation is 1. The van der Waals surface area contributed by atoms with Crippen molar-refractivity contribution in [2.75, 3.05) is 12.9 Å². The van der Waals surface area contributed by atoms with E-state index in [1.165, 1.54) is 25.2 Å². The largest absolute Gasteiger partial charge is 0.469 e. The Hall–Kier alpha value is -1.17. The van der Waals surface area contributed by atoms with Gasteiger partial charge in [0.1, 0.15) is 11.4 Å². The molecule has 6 heteroatoms. The van der Waals surface area contributed by atoms with Crippen LogP contribution in [0.25, 0.3) is 0 Å². The van der Waals surface area contributed by atoms with E-state index < -0.39 is 0 Å². The van der Waals surface area contributed by atoms with Crippen LogP contribution in [0.5, 0.6) is 0 Å². The molecule has 1 saturated carbocycles. The Balaban J connectivity index is 1.95. The Bertz CT molecular complexity index is 463. The number of rotatable bonds is 5. The molecule has 0 N–H and O–H groups in total. The van der Waals surface area contributed by atoms with Crippen molar-refractivity contribution >= 4 is 17.7 Å². The molecule has 0 radical (unpaired) electrons. The van der Waals surface area contributed by atoms with Gasteiger partial charge in [-0.25, -0.2) is 14.4 Å². The molecule has 0 amide bonds. The van der Waals surface area contributed by atoms with Crippen LogP contribution in [0.4, 0.5) is 4.39 Å². The Morgan fingerprint density at radius 3 is 2.89 bits per heavy atom. The first-order valence-electron chi connectivity index (χ1n) is 5.73. The molecule has 0 atom stereocenters. The summed E-state index contributed by atoms with van der Waals surface area (Å²) < 4.78 is 18.4. The summed E-state index contributed by atoms with van der Waals surface area (Å²) in [6, 6.07) is 0. The van der Waals surface area contributed by atoms with E-state index >= 15 is 0 Å². The molecule has 4 nitrogen and oxygen atoms in total. The summed E-state index contributed by atoms with van der Waals surface area (Å²) in [4.78, 5) is 19.0. The number of halogens is 1. The highest BCUT2D eigenvalue weighted by Crippen LogP contribution is 2.52. The summed E-state index contributed by atoms with van der Waals surface area (Å²) in [6.45, 7) is 1.61. The molecule has 0 bridgehead atoms. The molecule has 1 aliphatic rings. The van der Waals surface area contributed by atoms with E-state index in [0.717, 1.165) is 12.8 Å². The molecule has 98 valence electrons. The molecular formula is C12H15FN2O2S. The van der Waals surface area contributed by atoms with Gasteiger partial charge in [-0.3, -0.25) is 4.79 Å². The number of methoxy groups -OCH3 is 1. The molecule has 0 aromatic carbocycles. The van der Waals surface area contributed by atoms with Crippen LogP contribution in [0.15, 0.2) is 11.4 Å². The molecule has 2 rings (SSSR count). The van der Waals surface area contributed by atoms with Crippen LogP contribution in [-0.4, -0.2) is 28.8 Å². The first-order valence-corrected chi connectivity index (χ1v) is 6.72. The first-order chi connectivity index (χ1) is 8.56. The van der Waals surface area contributed by atoms with Gasteiger partial charge in [-0.05, 0) is 25.2 Å². The van der Waals surface area contributed by atoms with Crippen molar-refractivity contribution in [3.63, 3.8) is 0 Å². The zero-order chi connectivity index (χ0) is 13.2. The molecule has 1 aromatic heterocycles. The molecule has 0 aliphatic heterocycles. The lowest BCUT2D eigenvalue weighted by atomic mass is 10.1. The Labute approximate surface area is 109 Å². The van der Waals surface area contributed by atoms with Gasteiger partial charge in [-0.2, -0.15) is 0 Å². The van der Waals surface area contributed by atoms with E-state index in [0.29, 0.717) is 22.9 Å². The molecule has 1 heterocycles. The van der Waals surface area contributed by atoms with Gasteiger partial charge in [0.05, 0.1) is 19.2 Å². The quantitative estimate of drug-likeness (QED) is 0.467. The predicted molar refractivity (Wildman–Crippen MR) is 65.8 cm³/mol. The molecule has 0 saturated heterocycles. The summed E-state index contributed by atoms with van der Waals surface area (Å²) in [6.07, 6.45) is 3.74. The SMILES string of the molecule is COC(=O)CC1(CSc2ncnc(C)c2F)CC1. The van der Waals surface area contributed by atoms with Crippen molar-refractivity contribution in [2.24, 2.45) is 5.41 Å². The minimum absolute atomic E-state index is 0.0247. The van der Waals surface area contributed by atoms with E-state index in [1.807, 2.05) is 0 Å². The molecule has 0 spiro atoms. The monoisotopic (exact) mass is 270 g/mol. The van der Waals surface area contributed by atoms with Gasteiger partial charge in [0, 0.05) is 5.75 Å². The van der Waals surface area contributed by atoms with Crippen molar-refractivity contribution in [3.8, 4) is 0 Å². The molecule has 0 unspecified atom stereocenters. The highest BCUT2D eigenvalue weighted by Gasteiger charge is 2.44. The summed E-state index contributed by atoms with van der Waals surface area (Å²) in [5.74, 6) is 0.124. The molecular weight excluding hydrogens is 255 g/mol. The maximum Gasteiger partial charge on any atom is 0.306 e.